The molecule has 0 atom stereocenters. The highest BCUT2D eigenvalue weighted by atomic mass is 19.1. The zero-order valence-electron chi connectivity index (χ0n) is 11.9. The van der Waals surface area contributed by atoms with Crippen molar-refractivity contribution in [2.75, 3.05) is 25.0 Å². The van der Waals surface area contributed by atoms with Gasteiger partial charge in [0.15, 0.2) is 0 Å². The lowest BCUT2D eigenvalue weighted by atomic mass is 9.88. The van der Waals surface area contributed by atoms with Crippen LogP contribution in [0.25, 0.3) is 0 Å². The summed E-state index contributed by atoms with van der Waals surface area (Å²) in [6.45, 7) is 3.02. The maximum atomic E-state index is 12.9. The average Bonchev–Trinajstić information content (AvgIpc) is 2.50. The van der Waals surface area contributed by atoms with Crippen LogP contribution in [0.2, 0.25) is 0 Å². The number of carbonyl (C=O) groups is 1. The third-order valence-corrected chi connectivity index (χ3v) is 3.58. The Morgan fingerprint density at radius 1 is 1.43 bits per heavy atom. The van der Waals surface area contributed by atoms with Crippen LogP contribution in [0.4, 0.5) is 14.9 Å². The van der Waals surface area contributed by atoms with E-state index in [-0.39, 0.29) is 11.9 Å². The molecule has 1 aromatic rings. The van der Waals surface area contributed by atoms with Crippen LogP contribution in [0.3, 0.4) is 0 Å². The zero-order chi connectivity index (χ0) is 15.3. The van der Waals surface area contributed by atoms with Gasteiger partial charge in [0.05, 0.1) is 12.7 Å². The summed E-state index contributed by atoms with van der Waals surface area (Å²) in [5.74, 6) is -0.316. The number of amides is 1. The van der Waals surface area contributed by atoms with Gasteiger partial charge in [-0.2, -0.15) is 5.26 Å². The van der Waals surface area contributed by atoms with Gasteiger partial charge in [-0.05, 0) is 31.2 Å². The Labute approximate surface area is 123 Å². The smallest absolute Gasteiger partial charge is 0.409 e. The average molecular weight is 291 g/mol. The number of piperidine rings is 1. The van der Waals surface area contributed by atoms with E-state index in [1.54, 1.807) is 24.0 Å². The molecule has 0 spiro atoms. The molecular formula is C15H18FN3O2. The number of nitrogens with one attached hydrogen (secondary N) is 1. The highest BCUT2D eigenvalue weighted by molar-refractivity contribution is 5.68. The van der Waals surface area contributed by atoms with Crippen LogP contribution >= 0.6 is 0 Å². The van der Waals surface area contributed by atoms with Crippen molar-refractivity contribution in [1.82, 2.24) is 4.90 Å². The summed E-state index contributed by atoms with van der Waals surface area (Å²) < 4.78 is 17.9. The molecule has 1 aromatic carbocycles. The molecule has 0 aliphatic carbocycles. The minimum atomic E-state index is -0.735. The first kappa shape index (κ1) is 15.1. The van der Waals surface area contributed by atoms with Gasteiger partial charge in [-0.15, -0.1) is 0 Å². The van der Waals surface area contributed by atoms with E-state index >= 15 is 0 Å². The molecule has 6 heteroatoms. The molecule has 1 fully saturated rings. The lowest BCUT2D eigenvalue weighted by Crippen LogP contribution is -2.50. The molecular weight excluding hydrogens is 273 g/mol. The number of rotatable bonds is 3. The summed E-state index contributed by atoms with van der Waals surface area (Å²) in [6.07, 6.45) is 0.658. The van der Waals surface area contributed by atoms with E-state index in [0.717, 1.165) is 0 Å². The van der Waals surface area contributed by atoms with Crippen molar-refractivity contribution in [3.05, 3.63) is 30.1 Å². The SMILES string of the molecule is CCOC(=O)N1CCC(C#N)(Nc2ccc(F)cc2)CC1. The van der Waals surface area contributed by atoms with Crippen molar-refractivity contribution in [2.45, 2.75) is 25.3 Å². The summed E-state index contributed by atoms with van der Waals surface area (Å²) in [5, 5.41) is 12.6. The second kappa shape index (κ2) is 6.44. The Hall–Kier alpha value is -2.29. The monoisotopic (exact) mass is 291 g/mol. The predicted molar refractivity (Wildman–Crippen MR) is 76.2 cm³/mol. The van der Waals surface area contributed by atoms with Gasteiger partial charge in [0, 0.05) is 31.6 Å². The molecule has 0 radical (unpaired) electrons. The third kappa shape index (κ3) is 3.63. The molecule has 0 saturated carbocycles. The Balaban J connectivity index is 2.00. The van der Waals surface area contributed by atoms with E-state index in [4.69, 9.17) is 4.74 Å². The lowest BCUT2D eigenvalue weighted by Gasteiger charge is -2.37. The first-order chi connectivity index (χ1) is 10.1. The van der Waals surface area contributed by atoms with Crippen molar-refractivity contribution in [3.63, 3.8) is 0 Å². The predicted octanol–water partition coefficient (Wildman–Crippen LogP) is 2.75. The molecule has 1 amide bonds. The van der Waals surface area contributed by atoms with Crippen LogP contribution < -0.4 is 5.32 Å². The Morgan fingerprint density at radius 3 is 2.57 bits per heavy atom. The number of ether oxygens (including phenoxy) is 1. The van der Waals surface area contributed by atoms with Gasteiger partial charge in [-0.25, -0.2) is 9.18 Å². The normalized spacial score (nSPS) is 16.9. The van der Waals surface area contributed by atoms with Crippen LogP contribution in [-0.2, 0) is 4.74 Å². The minimum absolute atomic E-state index is 0.316. The molecule has 0 bridgehead atoms. The van der Waals surface area contributed by atoms with E-state index in [1.807, 2.05) is 0 Å². The van der Waals surface area contributed by atoms with Crippen LogP contribution in [0, 0.1) is 17.1 Å². The number of nitriles is 1. The number of anilines is 1. The van der Waals surface area contributed by atoms with Crippen molar-refractivity contribution < 1.29 is 13.9 Å². The lowest BCUT2D eigenvalue weighted by molar-refractivity contribution is 0.0944. The van der Waals surface area contributed by atoms with Crippen molar-refractivity contribution >= 4 is 11.8 Å². The number of hydrogen-bond donors (Lipinski definition) is 1. The van der Waals surface area contributed by atoms with Crippen LogP contribution in [0.15, 0.2) is 24.3 Å². The number of halogens is 1. The fourth-order valence-electron chi connectivity index (χ4n) is 2.36. The Morgan fingerprint density at radius 2 is 2.05 bits per heavy atom. The van der Waals surface area contributed by atoms with Crippen molar-refractivity contribution in [2.24, 2.45) is 0 Å². The Bertz CT molecular complexity index is 531. The molecule has 1 heterocycles. The number of hydrogen-bond acceptors (Lipinski definition) is 4. The molecule has 1 aliphatic heterocycles. The summed E-state index contributed by atoms with van der Waals surface area (Å²) in [6, 6.07) is 8.19. The van der Waals surface area contributed by atoms with E-state index in [1.165, 1.54) is 12.1 Å². The topological polar surface area (TPSA) is 65.4 Å². The highest BCUT2D eigenvalue weighted by Crippen LogP contribution is 2.27. The number of benzene rings is 1. The summed E-state index contributed by atoms with van der Waals surface area (Å²) in [7, 11) is 0. The third-order valence-electron chi connectivity index (χ3n) is 3.58. The number of carbonyl (C=O) groups excluding carboxylic acids is 1. The van der Waals surface area contributed by atoms with E-state index in [2.05, 4.69) is 11.4 Å². The molecule has 2 rings (SSSR count). The van der Waals surface area contributed by atoms with E-state index in [0.29, 0.717) is 38.2 Å². The molecule has 112 valence electrons. The number of nitrogens with zero attached hydrogens (tertiary/aromatic N) is 2. The van der Waals surface area contributed by atoms with Gasteiger partial charge in [-0.1, -0.05) is 0 Å². The molecule has 21 heavy (non-hydrogen) atoms. The van der Waals surface area contributed by atoms with Crippen LogP contribution in [-0.4, -0.2) is 36.2 Å². The molecule has 5 nitrogen and oxygen atoms in total. The van der Waals surface area contributed by atoms with Crippen LogP contribution in [0.1, 0.15) is 19.8 Å². The van der Waals surface area contributed by atoms with Crippen LogP contribution in [0.5, 0.6) is 0 Å². The summed E-state index contributed by atoms with van der Waals surface area (Å²) in [5.41, 5.74) is -0.0385. The molecule has 0 unspecified atom stereocenters. The Kier molecular flexibility index (Phi) is 4.63. The van der Waals surface area contributed by atoms with E-state index < -0.39 is 5.54 Å². The molecule has 0 aromatic heterocycles. The van der Waals surface area contributed by atoms with Gasteiger partial charge in [0.25, 0.3) is 0 Å². The fourth-order valence-corrected chi connectivity index (χ4v) is 2.36. The van der Waals surface area contributed by atoms with Gasteiger partial charge >= 0.3 is 6.09 Å². The second-order valence-corrected chi connectivity index (χ2v) is 5.01. The zero-order valence-corrected chi connectivity index (χ0v) is 11.9. The van der Waals surface area contributed by atoms with E-state index in [9.17, 15) is 14.4 Å². The largest absolute Gasteiger partial charge is 0.450 e. The van der Waals surface area contributed by atoms with Crippen molar-refractivity contribution in [3.8, 4) is 6.07 Å². The fraction of sp³-hybridized carbons (Fsp3) is 0.467. The van der Waals surface area contributed by atoms with Crippen molar-refractivity contribution in [1.29, 1.82) is 5.26 Å². The maximum Gasteiger partial charge on any atom is 0.409 e. The minimum Gasteiger partial charge on any atom is -0.450 e. The first-order valence-corrected chi connectivity index (χ1v) is 6.95. The maximum absolute atomic E-state index is 12.9. The van der Waals surface area contributed by atoms with Gasteiger partial charge < -0.3 is 15.0 Å². The van der Waals surface area contributed by atoms with Gasteiger partial charge in [0.1, 0.15) is 11.4 Å². The summed E-state index contributed by atoms with van der Waals surface area (Å²) in [4.78, 5) is 13.3. The molecule has 1 saturated heterocycles. The van der Waals surface area contributed by atoms with Gasteiger partial charge in [-0.3, -0.25) is 0 Å². The highest BCUT2D eigenvalue weighted by Gasteiger charge is 2.36. The first-order valence-electron chi connectivity index (χ1n) is 6.95. The standard InChI is InChI=1S/C15H18FN3O2/c1-2-21-14(20)19-9-7-15(11-17,8-10-19)18-13-5-3-12(16)4-6-13/h3-6,18H,2,7-10H2,1H3. The number of likely N-dealkylation sites (tertiary alicyclic amines) is 1. The van der Waals surface area contributed by atoms with Gasteiger partial charge in [0.2, 0.25) is 0 Å². The molecule has 1 N–H and O–H groups in total. The quantitative estimate of drug-likeness (QED) is 0.930. The second-order valence-electron chi connectivity index (χ2n) is 5.01. The summed E-state index contributed by atoms with van der Waals surface area (Å²) >= 11 is 0. The molecule has 1 aliphatic rings.